The zero-order valence-electron chi connectivity index (χ0n) is 19.4. The number of carbonyl (C=O) groups excluding carboxylic acids is 3. The van der Waals surface area contributed by atoms with Crippen LogP contribution in [0.4, 0.5) is 4.79 Å². The molecule has 2 aliphatic rings. The zero-order valence-corrected chi connectivity index (χ0v) is 19.4. The van der Waals surface area contributed by atoms with Gasteiger partial charge in [0.15, 0.2) is 6.04 Å². The molecule has 2 amide bonds. The molecule has 2 aromatic carbocycles. The van der Waals surface area contributed by atoms with Crippen molar-refractivity contribution in [3.63, 3.8) is 0 Å². The molecule has 0 aromatic heterocycles. The lowest BCUT2D eigenvalue weighted by Gasteiger charge is -2.39. The maximum Gasteiger partial charge on any atom is 0.414 e. The van der Waals surface area contributed by atoms with Gasteiger partial charge in [0.1, 0.15) is 12.6 Å². The van der Waals surface area contributed by atoms with Crippen LogP contribution in [0.1, 0.15) is 30.9 Å². The third-order valence-corrected chi connectivity index (χ3v) is 6.36. The first-order valence-electron chi connectivity index (χ1n) is 11.2. The Balaban J connectivity index is 1.55. The Morgan fingerprint density at radius 3 is 2.12 bits per heavy atom. The number of nitrogens with zero attached hydrogens (tertiary/aromatic N) is 2. The van der Waals surface area contributed by atoms with Gasteiger partial charge in [0.25, 0.3) is 5.91 Å². The summed E-state index contributed by atoms with van der Waals surface area (Å²) in [5.41, 5.74) is 4.44. The number of methoxy groups -OCH3 is 1. The van der Waals surface area contributed by atoms with Crippen LogP contribution in [-0.4, -0.2) is 65.3 Å². The largest absolute Gasteiger partial charge is 0.467 e. The normalized spacial score (nSPS) is 18.0. The molecule has 4 rings (SSSR count). The first-order valence-corrected chi connectivity index (χ1v) is 11.2. The molecule has 0 saturated carbocycles. The second kappa shape index (κ2) is 9.69. The van der Waals surface area contributed by atoms with Crippen LogP contribution in [0.25, 0.3) is 11.1 Å². The molecule has 1 N–H and O–H groups in total. The molecule has 178 valence electrons. The van der Waals surface area contributed by atoms with E-state index in [0.29, 0.717) is 0 Å². The van der Waals surface area contributed by atoms with Crippen LogP contribution in [0.5, 0.6) is 0 Å². The lowest BCUT2D eigenvalue weighted by molar-refractivity contribution is -0.155. The molecule has 1 aliphatic heterocycles. The van der Waals surface area contributed by atoms with Crippen LogP contribution in [-0.2, 0) is 19.1 Å². The monoisotopic (exact) mass is 464 g/mol. The molecule has 0 saturated heterocycles. The van der Waals surface area contributed by atoms with Crippen molar-refractivity contribution < 1.29 is 29.0 Å². The number of amides is 2. The second-order valence-electron chi connectivity index (χ2n) is 8.67. The van der Waals surface area contributed by atoms with E-state index in [1.807, 2.05) is 36.4 Å². The van der Waals surface area contributed by atoms with Gasteiger partial charge in [-0.1, -0.05) is 62.4 Å². The van der Waals surface area contributed by atoms with Gasteiger partial charge in [0.05, 0.1) is 13.7 Å². The molecule has 0 unspecified atom stereocenters. The SMILES string of the molecule is COC(=O)[C@@H](CO)N1C=CN(C(=O)OCC2c3ccccc3-c3ccccc32)[C@H](C(C)C)C1=O. The Labute approximate surface area is 198 Å². The van der Waals surface area contributed by atoms with Crippen molar-refractivity contribution in [2.45, 2.75) is 31.8 Å². The minimum absolute atomic E-state index is 0.104. The lowest BCUT2D eigenvalue weighted by atomic mass is 9.98. The number of esters is 1. The van der Waals surface area contributed by atoms with Gasteiger partial charge in [-0.15, -0.1) is 0 Å². The van der Waals surface area contributed by atoms with Crippen LogP contribution in [0.2, 0.25) is 0 Å². The van der Waals surface area contributed by atoms with Gasteiger partial charge in [-0.25, -0.2) is 9.59 Å². The van der Waals surface area contributed by atoms with E-state index in [1.54, 1.807) is 13.8 Å². The highest BCUT2D eigenvalue weighted by Gasteiger charge is 2.42. The van der Waals surface area contributed by atoms with Crippen LogP contribution < -0.4 is 0 Å². The van der Waals surface area contributed by atoms with Crippen molar-refractivity contribution in [3.8, 4) is 11.1 Å². The highest BCUT2D eigenvalue weighted by molar-refractivity contribution is 5.92. The Bertz CT molecular complexity index is 1080. The Morgan fingerprint density at radius 1 is 1.00 bits per heavy atom. The summed E-state index contributed by atoms with van der Waals surface area (Å²) >= 11 is 0. The average molecular weight is 465 g/mol. The Morgan fingerprint density at radius 2 is 1.59 bits per heavy atom. The number of carbonyl (C=O) groups is 3. The Kier molecular flexibility index (Phi) is 6.70. The predicted molar refractivity (Wildman–Crippen MR) is 124 cm³/mol. The topological polar surface area (TPSA) is 96.4 Å². The Hall–Kier alpha value is -3.65. The maximum atomic E-state index is 13.2. The highest BCUT2D eigenvalue weighted by Crippen LogP contribution is 2.44. The van der Waals surface area contributed by atoms with Gasteiger partial charge in [-0.05, 0) is 28.2 Å². The number of fused-ring (bicyclic) bond motifs is 3. The van der Waals surface area contributed by atoms with Gasteiger partial charge in [-0.2, -0.15) is 0 Å². The molecule has 1 heterocycles. The lowest BCUT2D eigenvalue weighted by Crippen LogP contribution is -2.57. The van der Waals surface area contributed by atoms with E-state index >= 15 is 0 Å². The van der Waals surface area contributed by atoms with Crippen LogP contribution >= 0.6 is 0 Å². The van der Waals surface area contributed by atoms with E-state index in [-0.39, 0.29) is 18.4 Å². The minimum Gasteiger partial charge on any atom is -0.467 e. The van der Waals surface area contributed by atoms with E-state index in [2.05, 4.69) is 12.1 Å². The number of hydrogen-bond acceptors (Lipinski definition) is 6. The molecule has 0 fully saturated rings. The number of aliphatic hydroxyl groups excluding tert-OH is 1. The fourth-order valence-corrected chi connectivity index (χ4v) is 4.70. The molecular weight excluding hydrogens is 436 g/mol. The smallest absolute Gasteiger partial charge is 0.414 e. The summed E-state index contributed by atoms with van der Waals surface area (Å²) in [7, 11) is 1.19. The molecule has 0 bridgehead atoms. The molecule has 2 atom stereocenters. The first-order chi connectivity index (χ1) is 16.4. The fourth-order valence-electron chi connectivity index (χ4n) is 4.70. The number of aliphatic hydroxyl groups is 1. The third-order valence-electron chi connectivity index (χ3n) is 6.36. The summed E-state index contributed by atoms with van der Waals surface area (Å²) in [6, 6.07) is 14.0. The van der Waals surface area contributed by atoms with Crippen molar-refractivity contribution in [2.75, 3.05) is 20.3 Å². The minimum atomic E-state index is -1.18. The molecule has 34 heavy (non-hydrogen) atoms. The van der Waals surface area contributed by atoms with Gasteiger partial charge < -0.3 is 14.6 Å². The molecule has 0 radical (unpaired) electrons. The summed E-state index contributed by atoms with van der Waals surface area (Å²) in [6.45, 7) is 3.13. The first kappa shape index (κ1) is 23.5. The molecule has 2 aromatic rings. The van der Waals surface area contributed by atoms with E-state index < -0.39 is 36.7 Å². The molecule has 8 heteroatoms. The van der Waals surface area contributed by atoms with Gasteiger partial charge in [0, 0.05) is 18.3 Å². The standard InChI is InChI=1S/C26H28N2O6/c1-16(2)23-24(30)27(22(14-29)25(31)33-3)12-13-28(23)26(32)34-15-21-19-10-6-4-8-17(19)18-9-5-7-11-20(18)21/h4-13,16,21-23,29H,14-15H2,1-3H3/t22-,23-/m1/s1. The quantitative estimate of drug-likeness (QED) is 0.660. The van der Waals surface area contributed by atoms with Gasteiger partial charge in [0.2, 0.25) is 0 Å². The van der Waals surface area contributed by atoms with Crippen molar-refractivity contribution in [2.24, 2.45) is 5.92 Å². The molecule has 0 spiro atoms. The summed E-state index contributed by atoms with van der Waals surface area (Å²) in [4.78, 5) is 40.7. The van der Waals surface area contributed by atoms with Gasteiger partial charge >= 0.3 is 12.1 Å². The van der Waals surface area contributed by atoms with Crippen molar-refractivity contribution in [3.05, 3.63) is 72.1 Å². The van der Waals surface area contributed by atoms with E-state index in [4.69, 9.17) is 9.47 Å². The van der Waals surface area contributed by atoms with E-state index in [0.717, 1.165) is 27.2 Å². The number of benzene rings is 2. The average Bonchev–Trinajstić information content (AvgIpc) is 3.17. The van der Waals surface area contributed by atoms with Crippen LogP contribution in [0.3, 0.4) is 0 Å². The van der Waals surface area contributed by atoms with Crippen molar-refractivity contribution in [1.29, 1.82) is 0 Å². The van der Waals surface area contributed by atoms with Crippen molar-refractivity contribution in [1.82, 2.24) is 9.80 Å². The van der Waals surface area contributed by atoms with Crippen molar-refractivity contribution >= 4 is 18.0 Å². The number of hydrogen-bond donors (Lipinski definition) is 1. The van der Waals surface area contributed by atoms with E-state index in [9.17, 15) is 19.5 Å². The zero-order chi connectivity index (χ0) is 24.4. The van der Waals surface area contributed by atoms with Gasteiger partial charge in [-0.3, -0.25) is 14.6 Å². The van der Waals surface area contributed by atoms with E-state index in [1.165, 1.54) is 24.4 Å². The summed E-state index contributed by atoms with van der Waals surface area (Å²) in [6.07, 6.45) is 2.07. The summed E-state index contributed by atoms with van der Waals surface area (Å²) < 4.78 is 10.4. The number of ether oxygens (including phenoxy) is 2. The second-order valence-corrected chi connectivity index (χ2v) is 8.67. The van der Waals surface area contributed by atoms with Crippen LogP contribution in [0, 0.1) is 5.92 Å². The highest BCUT2D eigenvalue weighted by atomic mass is 16.6. The molecule has 1 aliphatic carbocycles. The molecule has 8 nitrogen and oxygen atoms in total. The fraction of sp³-hybridized carbons (Fsp3) is 0.346. The maximum absolute atomic E-state index is 13.2. The predicted octanol–water partition coefficient (Wildman–Crippen LogP) is 3.11. The number of rotatable bonds is 6. The molecular formula is C26H28N2O6. The summed E-state index contributed by atoms with van der Waals surface area (Å²) in [5.74, 6) is -1.60. The third kappa shape index (κ3) is 4.05. The van der Waals surface area contributed by atoms with Crippen LogP contribution in [0.15, 0.2) is 60.9 Å². The summed E-state index contributed by atoms with van der Waals surface area (Å²) in [5, 5.41) is 9.63.